The van der Waals surface area contributed by atoms with Gasteiger partial charge in [-0.25, -0.2) is 0 Å². The zero-order chi connectivity index (χ0) is 23.7. The largest absolute Gasteiger partial charge is 0.374 e. The number of nitrogens with zero attached hydrogens (tertiary/aromatic N) is 2. The molecule has 0 radical (unpaired) electrons. The average Bonchev–Trinajstić information content (AvgIpc) is 3.26. The van der Waals surface area contributed by atoms with Crippen LogP contribution >= 0.6 is 0 Å². The second kappa shape index (κ2) is 11.7. The number of Topliss-reactive ketones (excluding diaryl/α,β-unsaturated/α-hetero) is 1. The zero-order valence-electron chi connectivity index (χ0n) is 19.3. The van der Waals surface area contributed by atoms with E-state index in [1.165, 1.54) is 49.9 Å². The summed E-state index contributed by atoms with van der Waals surface area (Å²) >= 11 is 0. The molecule has 0 bridgehead atoms. The van der Waals surface area contributed by atoms with Gasteiger partial charge in [-0.3, -0.25) is 20.0 Å². The molecule has 1 unspecified atom stereocenters. The van der Waals surface area contributed by atoms with Gasteiger partial charge in [-0.05, 0) is 49.6 Å². The molecule has 1 aromatic rings. The summed E-state index contributed by atoms with van der Waals surface area (Å²) in [6, 6.07) is 1.08. The average molecular weight is 444 g/mol. The molecule has 1 aromatic heterocycles. The van der Waals surface area contributed by atoms with Crippen molar-refractivity contribution in [3.8, 4) is 0 Å². The van der Waals surface area contributed by atoms with Crippen LogP contribution in [0.1, 0.15) is 59.9 Å². The monoisotopic (exact) mass is 443 g/mol. The van der Waals surface area contributed by atoms with Crippen molar-refractivity contribution in [2.45, 2.75) is 58.9 Å². The lowest BCUT2D eigenvalue weighted by molar-refractivity contribution is -0.130. The molecule has 2 heterocycles. The Balaban J connectivity index is 0.000000417. The Morgan fingerprint density at radius 2 is 2.19 bits per heavy atom. The van der Waals surface area contributed by atoms with Crippen LogP contribution in [0.5, 0.6) is 0 Å². The van der Waals surface area contributed by atoms with E-state index in [9.17, 15) is 14.4 Å². The van der Waals surface area contributed by atoms with Crippen molar-refractivity contribution >= 4 is 29.4 Å². The van der Waals surface area contributed by atoms with E-state index in [0.717, 1.165) is 18.7 Å². The number of hydrogen-bond acceptors (Lipinski definition) is 7. The van der Waals surface area contributed by atoms with Crippen molar-refractivity contribution in [1.29, 1.82) is 5.41 Å². The Kier molecular flexibility index (Phi) is 9.26. The third-order valence-electron chi connectivity index (χ3n) is 5.96. The molecule has 0 saturated heterocycles. The molecule has 8 heteroatoms. The molecular weight excluding hydrogens is 406 g/mol. The number of carbonyl (C=O) groups is 3. The van der Waals surface area contributed by atoms with Gasteiger partial charge in [-0.15, -0.1) is 0 Å². The highest BCUT2D eigenvalue weighted by atomic mass is 16.2. The van der Waals surface area contributed by atoms with Crippen molar-refractivity contribution in [1.82, 2.24) is 9.88 Å². The number of hydrogen-bond donors (Lipinski definition) is 3. The number of nitrogens with one attached hydrogen (secondary N) is 2. The third kappa shape index (κ3) is 7.09. The molecule has 3 rings (SSSR count). The van der Waals surface area contributed by atoms with Crippen LogP contribution in [-0.4, -0.2) is 52.7 Å². The Morgan fingerprint density at radius 3 is 2.78 bits per heavy atom. The first kappa shape index (κ1) is 25.4. The lowest BCUT2D eigenvalue weighted by atomic mass is 9.72. The first-order valence-corrected chi connectivity index (χ1v) is 11.1. The van der Waals surface area contributed by atoms with E-state index in [1.807, 2.05) is 0 Å². The van der Waals surface area contributed by atoms with Gasteiger partial charge in [0, 0.05) is 26.3 Å². The fourth-order valence-corrected chi connectivity index (χ4v) is 4.19. The van der Waals surface area contributed by atoms with E-state index in [4.69, 9.17) is 11.1 Å². The molecule has 1 saturated carbocycles. The highest BCUT2D eigenvalue weighted by molar-refractivity contribution is 6.45. The molecule has 1 aliphatic carbocycles. The summed E-state index contributed by atoms with van der Waals surface area (Å²) in [6.45, 7) is 6.85. The molecule has 8 nitrogen and oxygen atoms in total. The summed E-state index contributed by atoms with van der Waals surface area (Å²) < 4.78 is 0. The van der Waals surface area contributed by atoms with Crippen LogP contribution in [0.4, 0.5) is 5.69 Å². The summed E-state index contributed by atoms with van der Waals surface area (Å²) in [5.74, 6) is 0.169. The molecule has 0 spiro atoms. The van der Waals surface area contributed by atoms with Gasteiger partial charge < -0.3 is 20.7 Å². The van der Waals surface area contributed by atoms with Crippen molar-refractivity contribution < 1.29 is 15.8 Å². The Hall–Kier alpha value is -2.87. The second-order valence-corrected chi connectivity index (χ2v) is 9.19. The van der Waals surface area contributed by atoms with Gasteiger partial charge in [0.05, 0.1) is 24.5 Å². The lowest BCUT2D eigenvalue weighted by Gasteiger charge is -2.34. The van der Waals surface area contributed by atoms with Crippen LogP contribution in [0.2, 0.25) is 0 Å². The SMILES string of the molecule is CC(=O)C(=N)c1ccncc1NCC(=O)N1C=CC[C@H]1C=O.CC1(C)CCCC(CN)C1.[HH]. The number of nitrogens with two attached hydrogens (primary N) is 1. The number of ketones is 1. The Labute approximate surface area is 191 Å². The van der Waals surface area contributed by atoms with Crippen LogP contribution in [0.3, 0.4) is 0 Å². The van der Waals surface area contributed by atoms with Gasteiger partial charge in [-0.1, -0.05) is 26.3 Å². The molecule has 4 N–H and O–H groups in total. The third-order valence-corrected chi connectivity index (χ3v) is 5.96. The van der Waals surface area contributed by atoms with E-state index in [0.29, 0.717) is 23.1 Å². The molecule has 2 atom stereocenters. The standard InChI is InChI=1S/C15H16N4O3.C9H19N.H2/c1-10(21)15(16)12-4-5-17-7-13(12)18-8-14(22)19-6-2-3-11(19)9-20;1-9(2)5-3-4-8(6-9)7-10;/h2,4-7,9,11,16,18H,3,8H2,1H3;8H,3-7,10H2,1-2H3;1H/t11-;;/m0../s1. The molecule has 176 valence electrons. The predicted molar refractivity (Wildman–Crippen MR) is 128 cm³/mol. The van der Waals surface area contributed by atoms with Gasteiger partial charge in [0.1, 0.15) is 12.0 Å². The Bertz CT molecular complexity index is 871. The fraction of sp³-hybridized carbons (Fsp3) is 0.542. The van der Waals surface area contributed by atoms with E-state index in [2.05, 4.69) is 24.1 Å². The summed E-state index contributed by atoms with van der Waals surface area (Å²) in [7, 11) is 0. The number of aromatic nitrogens is 1. The van der Waals surface area contributed by atoms with Gasteiger partial charge >= 0.3 is 0 Å². The lowest BCUT2D eigenvalue weighted by Crippen LogP contribution is -2.37. The van der Waals surface area contributed by atoms with Gasteiger partial charge in [0.15, 0.2) is 5.78 Å². The van der Waals surface area contributed by atoms with Gasteiger partial charge in [-0.2, -0.15) is 0 Å². The summed E-state index contributed by atoms with van der Waals surface area (Å²) in [4.78, 5) is 39.6. The van der Waals surface area contributed by atoms with Crippen LogP contribution in [0.15, 0.2) is 30.7 Å². The maximum absolute atomic E-state index is 12.1. The molecule has 32 heavy (non-hydrogen) atoms. The highest BCUT2D eigenvalue weighted by Crippen LogP contribution is 2.37. The number of aldehydes is 1. The maximum Gasteiger partial charge on any atom is 0.246 e. The smallest absolute Gasteiger partial charge is 0.246 e. The van der Waals surface area contributed by atoms with Crippen molar-refractivity contribution in [2.24, 2.45) is 17.1 Å². The first-order valence-electron chi connectivity index (χ1n) is 11.1. The molecule has 0 aromatic carbocycles. The topological polar surface area (TPSA) is 129 Å². The minimum absolute atomic E-state index is 0. The number of rotatable bonds is 7. The molecule has 1 fully saturated rings. The maximum atomic E-state index is 12.1. The first-order chi connectivity index (χ1) is 15.2. The quantitative estimate of drug-likeness (QED) is 0.438. The number of anilines is 1. The second-order valence-electron chi connectivity index (χ2n) is 9.19. The fourth-order valence-electron chi connectivity index (χ4n) is 4.19. The highest BCUT2D eigenvalue weighted by Gasteiger charge is 2.27. The predicted octanol–water partition coefficient (Wildman–Crippen LogP) is 3.17. The summed E-state index contributed by atoms with van der Waals surface area (Å²) in [6.07, 6.45) is 13.0. The van der Waals surface area contributed by atoms with Crippen molar-refractivity contribution in [2.75, 3.05) is 18.4 Å². The summed E-state index contributed by atoms with van der Waals surface area (Å²) in [5, 5.41) is 10.6. The Morgan fingerprint density at radius 1 is 1.44 bits per heavy atom. The van der Waals surface area contributed by atoms with Crippen LogP contribution in [0.25, 0.3) is 0 Å². The molecule has 1 aliphatic heterocycles. The summed E-state index contributed by atoms with van der Waals surface area (Å²) in [5.41, 5.74) is 6.87. The van der Waals surface area contributed by atoms with E-state index in [-0.39, 0.29) is 25.4 Å². The minimum atomic E-state index is -0.460. The number of pyridine rings is 1. The van der Waals surface area contributed by atoms with Crippen molar-refractivity contribution in [3.63, 3.8) is 0 Å². The van der Waals surface area contributed by atoms with E-state index < -0.39 is 6.04 Å². The molecule has 2 aliphatic rings. The zero-order valence-corrected chi connectivity index (χ0v) is 19.3. The molecular formula is C24H37N5O3. The minimum Gasteiger partial charge on any atom is -0.374 e. The number of carbonyl (C=O) groups excluding carboxylic acids is 3. The normalized spacial score (nSPS) is 21.3. The van der Waals surface area contributed by atoms with Crippen molar-refractivity contribution in [3.05, 3.63) is 36.3 Å². The van der Waals surface area contributed by atoms with Crippen LogP contribution in [0, 0.1) is 16.7 Å². The van der Waals surface area contributed by atoms with Gasteiger partial charge in [0.2, 0.25) is 5.91 Å². The van der Waals surface area contributed by atoms with Gasteiger partial charge in [0.25, 0.3) is 0 Å². The molecule has 1 amide bonds. The van der Waals surface area contributed by atoms with E-state index >= 15 is 0 Å². The number of amides is 1. The van der Waals surface area contributed by atoms with Crippen LogP contribution < -0.4 is 11.1 Å². The van der Waals surface area contributed by atoms with Crippen LogP contribution in [-0.2, 0) is 14.4 Å². The van der Waals surface area contributed by atoms with E-state index in [1.54, 1.807) is 18.3 Å².